The molecule has 1 saturated heterocycles. The number of benzene rings is 2. The highest BCUT2D eigenvalue weighted by Gasteiger charge is 2.26. The van der Waals surface area contributed by atoms with Crippen molar-refractivity contribution in [2.24, 2.45) is 4.99 Å². The fourth-order valence-electron chi connectivity index (χ4n) is 4.13. The lowest BCUT2D eigenvalue weighted by Gasteiger charge is -2.26. The number of nitrogens with zero attached hydrogens (tertiary/aromatic N) is 5. The third kappa shape index (κ3) is 5.73. The van der Waals surface area contributed by atoms with Gasteiger partial charge in [-0.05, 0) is 54.1 Å². The molecule has 1 fully saturated rings. The van der Waals surface area contributed by atoms with Crippen LogP contribution in [0.4, 0.5) is 11.4 Å². The van der Waals surface area contributed by atoms with Crippen LogP contribution in [0.15, 0.2) is 88.2 Å². The SMILES string of the molecule is O=[N+]([O-])c1ccc(-c2csc(=Nc3ccc(S(=O)(=O)N4CCOCC4)cc3)n2CCc2ccccn2)cc1. The highest BCUT2D eigenvalue weighted by molar-refractivity contribution is 7.89. The number of rotatable bonds is 8. The van der Waals surface area contributed by atoms with Gasteiger partial charge in [-0.1, -0.05) is 6.07 Å². The molecule has 196 valence electrons. The molecule has 10 nitrogen and oxygen atoms in total. The molecule has 38 heavy (non-hydrogen) atoms. The van der Waals surface area contributed by atoms with Gasteiger partial charge in [0.2, 0.25) is 10.0 Å². The van der Waals surface area contributed by atoms with Gasteiger partial charge in [-0.25, -0.2) is 13.4 Å². The second-order valence-corrected chi connectivity index (χ2v) is 11.3. The minimum atomic E-state index is -3.59. The van der Waals surface area contributed by atoms with Gasteiger partial charge in [0.25, 0.3) is 5.69 Å². The summed E-state index contributed by atoms with van der Waals surface area (Å²) in [6.07, 6.45) is 2.42. The summed E-state index contributed by atoms with van der Waals surface area (Å²) < 4.78 is 34.7. The van der Waals surface area contributed by atoms with E-state index in [1.807, 2.05) is 23.6 Å². The quantitative estimate of drug-likeness (QED) is 0.241. The Morgan fingerprint density at radius 3 is 2.42 bits per heavy atom. The number of non-ortho nitro benzene ring substituents is 1. The van der Waals surface area contributed by atoms with Crippen molar-refractivity contribution in [2.75, 3.05) is 26.3 Å². The molecule has 0 amide bonds. The van der Waals surface area contributed by atoms with Gasteiger partial charge in [0, 0.05) is 55.5 Å². The molecule has 0 saturated carbocycles. The van der Waals surface area contributed by atoms with Gasteiger partial charge in [-0.15, -0.1) is 11.3 Å². The summed E-state index contributed by atoms with van der Waals surface area (Å²) >= 11 is 1.45. The maximum atomic E-state index is 12.9. The Hall–Kier alpha value is -3.71. The van der Waals surface area contributed by atoms with Gasteiger partial charge in [0.1, 0.15) is 0 Å². The number of pyridine rings is 1. The van der Waals surface area contributed by atoms with Crippen molar-refractivity contribution >= 4 is 32.7 Å². The van der Waals surface area contributed by atoms with E-state index in [0.29, 0.717) is 45.0 Å². The molecule has 1 aliphatic heterocycles. The number of morpholine rings is 1. The summed E-state index contributed by atoms with van der Waals surface area (Å²) in [5.41, 5.74) is 3.30. The highest BCUT2D eigenvalue weighted by Crippen LogP contribution is 2.25. The number of nitro benzene ring substituents is 1. The van der Waals surface area contributed by atoms with Crippen molar-refractivity contribution in [3.05, 3.63) is 98.9 Å². The number of hydrogen-bond acceptors (Lipinski definition) is 8. The maximum absolute atomic E-state index is 12.9. The molecule has 0 aliphatic carbocycles. The monoisotopic (exact) mass is 551 g/mol. The van der Waals surface area contributed by atoms with Crippen molar-refractivity contribution in [1.82, 2.24) is 13.9 Å². The summed E-state index contributed by atoms with van der Waals surface area (Å²) in [6.45, 7) is 2.05. The van der Waals surface area contributed by atoms with Gasteiger partial charge in [0.15, 0.2) is 4.80 Å². The van der Waals surface area contributed by atoms with Crippen LogP contribution in [0.2, 0.25) is 0 Å². The normalized spacial score (nSPS) is 15.0. The second-order valence-electron chi connectivity index (χ2n) is 8.55. The predicted molar refractivity (Wildman–Crippen MR) is 144 cm³/mol. The molecule has 0 spiro atoms. The molecular weight excluding hydrogens is 526 g/mol. The molecule has 0 unspecified atom stereocenters. The Morgan fingerprint density at radius 1 is 1.03 bits per heavy atom. The highest BCUT2D eigenvalue weighted by atomic mass is 32.2. The Labute approximate surface area is 223 Å². The van der Waals surface area contributed by atoms with Crippen LogP contribution in [0.25, 0.3) is 11.3 Å². The molecule has 12 heteroatoms. The van der Waals surface area contributed by atoms with Crippen molar-refractivity contribution in [2.45, 2.75) is 17.9 Å². The lowest BCUT2D eigenvalue weighted by atomic mass is 10.1. The van der Waals surface area contributed by atoms with Gasteiger partial charge in [0.05, 0.1) is 34.4 Å². The first-order valence-electron chi connectivity index (χ1n) is 12.0. The fraction of sp³-hybridized carbons (Fsp3) is 0.231. The zero-order valence-corrected chi connectivity index (χ0v) is 22.0. The van der Waals surface area contributed by atoms with E-state index >= 15 is 0 Å². The fourth-order valence-corrected chi connectivity index (χ4v) is 6.49. The van der Waals surface area contributed by atoms with Crippen LogP contribution in [0.5, 0.6) is 0 Å². The molecule has 0 atom stereocenters. The van der Waals surface area contributed by atoms with Crippen molar-refractivity contribution in [3.8, 4) is 11.3 Å². The van der Waals surface area contributed by atoms with Gasteiger partial charge in [-0.2, -0.15) is 4.31 Å². The zero-order valence-electron chi connectivity index (χ0n) is 20.3. The van der Waals surface area contributed by atoms with Gasteiger partial charge in [-0.3, -0.25) is 15.1 Å². The third-order valence-corrected chi connectivity index (χ3v) is 8.94. The number of aryl methyl sites for hydroxylation is 1. The minimum Gasteiger partial charge on any atom is -0.379 e. The number of hydrogen-bond donors (Lipinski definition) is 0. The smallest absolute Gasteiger partial charge is 0.269 e. The van der Waals surface area contributed by atoms with E-state index in [-0.39, 0.29) is 10.6 Å². The Kier molecular flexibility index (Phi) is 7.74. The van der Waals surface area contributed by atoms with Crippen LogP contribution < -0.4 is 4.80 Å². The van der Waals surface area contributed by atoms with Crippen molar-refractivity contribution < 1.29 is 18.1 Å². The molecule has 2 aromatic carbocycles. The summed E-state index contributed by atoms with van der Waals surface area (Å²) in [6, 6.07) is 18.7. The zero-order chi connectivity index (χ0) is 26.5. The first-order valence-corrected chi connectivity index (χ1v) is 14.3. The van der Waals surface area contributed by atoms with E-state index in [1.54, 1.807) is 42.6 Å². The summed E-state index contributed by atoms with van der Waals surface area (Å²) in [5, 5.41) is 13.1. The number of thiazole rings is 1. The van der Waals surface area contributed by atoms with E-state index in [1.165, 1.54) is 27.8 Å². The largest absolute Gasteiger partial charge is 0.379 e. The average molecular weight is 552 g/mol. The van der Waals surface area contributed by atoms with Crippen LogP contribution in [-0.4, -0.2) is 53.5 Å². The molecule has 3 heterocycles. The minimum absolute atomic E-state index is 0.0287. The number of ether oxygens (including phenoxy) is 1. The number of nitro groups is 1. The topological polar surface area (TPSA) is 120 Å². The number of sulfonamides is 1. The summed E-state index contributed by atoms with van der Waals surface area (Å²) in [5.74, 6) is 0. The van der Waals surface area contributed by atoms with Gasteiger partial charge < -0.3 is 9.30 Å². The van der Waals surface area contributed by atoms with Crippen LogP contribution >= 0.6 is 11.3 Å². The first-order chi connectivity index (χ1) is 18.4. The van der Waals surface area contributed by atoms with Gasteiger partial charge >= 0.3 is 0 Å². The standard InChI is InChI=1S/C26H25N5O5S2/c32-31(33)23-8-4-20(5-9-23)25-19-37-26(30(25)14-12-21-3-1-2-13-27-21)28-22-6-10-24(11-7-22)38(34,35)29-15-17-36-18-16-29/h1-11,13,19H,12,14-18H2. The van der Waals surface area contributed by atoms with E-state index in [4.69, 9.17) is 9.73 Å². The lowest BCUT2D eigenvalue weighted by molar-refractivity contribution is -0.384. The molecule has 2 aromatic heterocycles. The Morgan fingerprint density at radius 2 is 1.76 bits per heavy atom. The molecule has 4 aromatic rings. The third-order valence-electron chi connectivity index (χ3n) is 6.16. The van der Waals surface area contributed by atoms with E-state index in [9.17, 15) is 18.5 Å². The van der Waals surface area contributed by atoms with E-state index < -0.39 is 14.9 Å². The maximum Gasteiger partial charge on any atom is 0.269 e. The van der Waals surface area contributed by atoms with Crippen molar-refractivity contribution in [1.29, 1.82) is 0 Å². The van der Waals surface area contributed by atoms with Crippen LogP contribution in [-0.2, 0) is 27.7 Å². The molecule has 0 radical (unpaired) electrons. The molecule has 0 bridgehead atoms. The second kappa shape index (κ2) is 11.4. The molecule has 1 aliphatic rings. The average Bonchev–Trinajstić information content (AvgIpc) is 3.35. The molecule has 0 N–H and O–H groups in total. The number of aromatic nitrogens is 2. The molecular formula is C26H25N5O5S2. The van der Waals surface area contributed by atoms with Crippen LogP contribution in [0, 0.1) is 10.1 Å². The van der Waals surface area contributed by atoms with Crippen LogP contribution in [0.1, 0.15) is 5.69 Å². The lowest BCUT2D eigenvalue weighted by Crippen LogP contribution is -2.40. The summed E-state index contributed by atoms with van der Waals surface area (Å²) in [7, 11) is -3.59. The van der Waals surface area contributed by atoms with Crippen LogP contribution in [0.3, 0.4) is 0 Å². The Balaban J connectivity index is 1.47. The van der Waals surface area contributed by atoms with Crippen molar-refractivity contribution in [3.63, 3.8) is 0 Å². The predicted octanol–water partition coefficient (Wildman–Crippen LogP) is 4.02. The molecule has 5 rings (SSSR count). The first kappa shape index (κ1) is 25.9. The summed E-state index contributed by atoms with van der Waals surface area (Å²) in [4.78, 5) is 20.8. The van der Waals surface area contributed by atoms with E-state index in [2.05, 4.69) is 9.55 Å². The van der Waals surface area contributed by atoms with E-state index in [0.717, 1.165) is 21.8 Å². The Bertz CT molecular complexity index is 1580.